The summed E-state index contributed by atoms with van der Waals surface area (Å²) in [5.41, 5.74) is 2.65. The molecule has 2 aliphatic rings. The van der Waals surface area contributed by atoms with Crippen molar-refractivity contribution in [1.82, 2.24) is 9.88 Å². The first-order valence-corrected chi connectivity index (χ1v) is 8.80. The van der Waals surface area contributed by atoms with Crippen LogP contribution in [0.3, 0.4) is 0 Å². The lowest BCUT2D eigenvalue weighted by Gasteiger charge is -2.34. The van der Waals surface area contributed by atoms with Crippen LogP contribution < -0.4 is 15.6 Å². The number of hydrogen-bond donors (Lipinski definition) is 1. The molecule has 1 aromatic heterocycles. The number of benzene rings is 1. The number of piperazine rings is 1. The van der Waals surface area contributed by atoms with Gasteiger partial charge in [0.1, 0.15) is 5.82 Å². The van der Waals surface area contributed by atoms with Crippen LogP contribution in [0.2, 0.25) is 0 Å². The van der Waals surface area contributed by atoms with Crippen LogP contribution in [0.25, 0.3) is 10.9 Å². The van der Waals surface area contributed by atoms with Crippen molar-refractivity contribution >= 4 is 16.6 Å². The average molecular weight is 329 g/mol. The van der Waals surface area contributed by atoms with Crippen LogP contribution in [-0.2, 0) is 0 Å². The Morgan fingerprint density at radius 2 is 2.04 bits per heavy atom. The predicted molar refractivity (Wildman–Crippen MR) is 95.6 cm³/mol. The van der Waals surface area contributed by atoms with Crippen LogP contribution in [0.1, 0.15) is 36.9 Å². The second-order valence-electron chi connectivity index (χ2n) is 7.31. The van der Waals surface area contributed by atoms with Crippen LogP contribution in [0.5, 0.6) is 0 Å². The number of anilines is 1. The summed E-state index contributed by atoms with van der Waals surface area (Å²) in [6, 6.07) is 2.68. The molecule has 1 aromatic carbocycles. The van der Waals surface area contributed by atoms with Crippen LogP contribution >= 0.6 is 0 Å². The molecule has 1 saturated heterocycles. The zero-order valence-electron chi connectivity index (χ0n) is 14.5. The lowest BCUT2D eigenvalue weighted by atomic mass is 10.0. The lowest BCUT2D eigenvalue weighted by molar-refractivity contribution is 0.478. The Morgan fingerprint density at radius 3 is 2.71 bits per heavy atom. The predicted octanol–water partition coefficient (Wildman–Crippen LogP) is 2.89. The van der Waals surface area contributed by atoms with Crippen molar-refractivity contribution in [2.24, 2.45) is 0 Å². The summed E-state index contributed by atoms with van der Waals surface area (Å²) in [6.07, 6.45) is 4.21. The van der Waals surface area contributed by atoms with Crippen LogP contribution in [0.4, 0.5) is 10.1 Å². The highest BCUT2D eigenvalue weighted by Gasteiger charge is 2.28. The highest BCUT2D eigenvalue weighted by molar-refractivity contribution is 5.87. The molecule has 1 atom stereocenters. The number of halogens is 1. The fourth-order valence-corrected chi connectivity index (χ4v) is 3.82. The van der Waals surface area contributed by atoms with E-state index in [2.05, 4.69) is 21.7 Å². The number of nitrogens with zero attached hydrogens (tertiary/aromatic N) is 2. The molecule has 1 aliphatic carbocycles. The van der Waals surface area contributed by atoms with Gasteiger partial charge in [-0.3, -0.25) is 4.79 Å². The first-order chi connectivity index (χ1) is 11.5. The van der Waals surface area contributed by atoms with Crippen LogP contribution in [-0.4, -0.2) is 30.2 Å². The molecule has 0 radical (unpaired) electrons. The summed E-state index contributed by atoms with van der Waals surface area (Å²) >= 11 is 0. The number of hydrogen-bond acceptors (Lipinski definition) is 3. The van der Waals surface area contributed by atoms with E-state index in [0.29, 0.717) is 34.3 Å². The molecule has 1 unspecified atom stereocenters. The number of aryl methyl sites for hydroxylation is 2. The lowest BCUT2D eigenvalue weighted by Crippen LogP contribution is -2.49. The minimum atomic E-state index is -0.248. The molecule has 128 valence electrons. The van der Waals surface area contributed by atoms with Gasteiger partial charge in [-0.05, 0) is 39.7 Å². The van der Waals surface area contributed by atoms with Gasteiger partial charge in [0.15, 0.2) is 5.43 Å². The summed E-state index contributed by atoms with van der Waals surface area (Å²) in [6.45, 7) is 8.09. The third-order valence-electron chi connectivity index (χ3n) is 5.30. The van der Waals surface area contributed by atoms with E-state index in [1.165, 1.54) is 0 Å². The highest BCUT2D eigenvalue weighted by Crippen LogP contribution is 2.39. The molecule has 2 fully saturated rings. The van der Waals surface area contributed by atoms with Gasteiger partial charge in [-0.1, -0.05) is 0 Å². The van der Waals surface area contributed by atoms with Crippen molar-refractivity contribution in [3.05, 3.63) is 39.4 Å². The van der Waals surface area contributed by atoms with E-state index in [9.17, 15) is 4.79 Å². The van der Waals surface area contributed by atoms with E-state index in [-0.39, 0.29) is 11.2 Å². The Hall–Kier alpha value is -1.88. The van der Waals surface area contributed by atoms with Crippen molar-refractivity contribution in [1.29, 1.82) is 0 Å². The van der Waals surface area contributed by atoms with Gasteiger partial charge in [-0.2, -0.15) is 0 Å². The van der Waals surface area contributed by atoms with Gasteiger partial charge >= 0.3 is 0 Å². The summed E-state index contributed by atoms with van der Waals surface area (Å²) in [4.78, 5) is 14.7. The molecule has 0 spiro atoms. The van der Waals surface area contributed by atoms with Gasteiger partial charge in [0.2, 0.25) is 0 Å². The fraction of sp³-hybridized carbons (Fsp3) is 0.526. The standard InChI is InChI=1S/C19H24FN3O/c1-11-9-23(14-4-5-14)15-8-16(22-7-6-21-12(2)10-22)18(20)13(3)17(15)19(11)24/h8-9,12,14,21H,4-7,10H2,1-3H3. The van der Waals surface area contributed by atoms with Gasteiger partial charge < -0.3 is 14.8 Å². The van der Waals surface area contributed by atoms with Gasteiger partial charge in [0, 0.05) is 49.0 Å². The van der Waals surface area contributed by atoms with E-state index < -0.39 is 0 Å². The molecule has 4 nitrogen and oxygen atoms in total. The third-order valence-corrected chi connectivity index (χ3v) is 5.30. The van der Waals surface area contributed by atoms with Crippen molar-refractivity contribution < 1.29 is 4.39 Å². The van der Waals surface area contributed by atoms with Crippen molar-refractivity contribution in [3.63, 3.8) is 0 Å². The normalized spacial score (nSPS) is 21.5. The Bertz CT molecular complexity index is 869. The Morgan fingerprint density at radius 1 is 1.29 bits per heavy atom. The number of fused-ring (bicyclic) bond motifs is 1. The molecule has 1 aliphatic heterocycles. The molecule has 2 aromatic rings. The molecule has 24 heavy (non-hydrogen) atoms. The topological polar surface area (TPSA) is 37.3 Å². The summed E-state index contributed by atoms with van der Waals surface area (Å²) in [5.74, 6) is -0.248. The van der Waals surface area contributed by atoms with Gasteiger partial charge in [0.25, 0.3) is 0 Å². The minimum absolute atomic E-state index is 0.0430. The second-order valence-corrected chi connectivity index (χ2v) is 7.31. The zero-order chi connectivity index (χ0) is 17.0. The van der Waals surface area contributed by atoms with E-state index >= 15 is 4.39 Å². The summed E-state index contributed by atoms with van der Waals surface area (Å²) in [7, 11) is 0. The Labute approximate surface area is 141 Å². The van der Waals surface area contributed by atoms with Crippen molar-refractivity contribution in [3.8, 4) is 0 Å². The quantitative estimate of drug-likeness (QED) is 0.920. The Balaban J connectivity index is 1.96. The molecular weight excluding hydrogens is 305 g/mol. The maximum absolute atomic E-state index is 15.1. The SMILES string of the molecule is Cc1cn(C2CC2)c2cc(N3CCNC(C)C3)c(F)c(C)c2c1=O. The number of rotatable bonds is 2. The summed E-state index contributed by atoms with van der Waals surface area (Å²) < 4.78 is 17.3. The fourth-order valence-electron chi connectivity index (χ4n) is 3.82. The largest absolute Gasteiger partial charge is 0.366 e. The van der Waals surface area contributed by atoms with Crippen LogP contribution in [0.15, 0.2) is 17.1 Å². The van der Waals surface area contributed by atoms with E-state index in [0.717, 1.165) is 38.0 Å². The van der Waals surface area contributed by atoms with E-state index in [1.54, 1.807) is 6.92 Å². The zero-order valence-corrected chi connectivity index (χ0v) is 14.5. The molecule has 5 heteroatoms. The third kappa shape index (κ3) is 2.42. The second kappa shape index (κ2) is 5.59. The van der Waals surface area contributed by atoms with E-state index in [4.69, 9.17) is 0 Å². The molecule has 0 amide bonds. The first kappa shape index (κ1) is 15.6. The molecule has 0 bridgehead atoms. The molecule has 2 heterocycles. The Kier molecular flexibility index (Phi) is 3.64. The van der Waals surface area contributed by atoms with Crippen molar-refractivity contribution in [2.45, 2.75) is 45.7 Å². The van der Waals surface area contributed by atoms with Crippen molar-refractivity contribution in [2.75, 3.05) is 24.5 Å². The maximum Gasteiger partial charge on any atom is 0.192 e. The molecule has 1 saturated carbocycles. The minimum Gasteiger partial charge on any atom is -0.366 e. The van der Waals surface area contributed by atoms with E-state index in [1.807, 2.05) is 19.2 Å². The molecule has 4 rings (SSSR count). The van der Waals surface area contributed by atoms with Gasteiger partial charge in [-0.15, -0.1) is 0 Å². The number of pyridine rings is 1. The summed E-state index contributed by atoms with van der Waals surface area (Å²) in [5, 5.41) is 3.94. The number of nitrogens with one attached hydrogen (secondary N) is 1. The number of aromatic nitrogens is 1. The smallest absolute Gasteiger partial charge is 0.192 e. The average Bonchev–Trinajstić information content (AvgIpc) is 3.38. The first-order valence-electron chi connectivity index (χ1n) is 8.80. The monoisotopic (exact) mass is 329 g/mol. The molecular formula is C19H24FN3O. The highest BCUT2D eigenvalue weighted by atomic mass is 19.1. The van der Waals surface area contributed by atoms with Gasteiger partial charge in [-0.25, -0.2) is 4.39 Å². The maximum atomic E-state index is 15.1. The molecule has 1 N–H and O–H groups in total. The van der Waals surface area contributed by atoms with Crippen LogP contribution in [0, 0.1) is 19.7 Å². The van der Waals surface area contributed by atoms with Gasteiger partial charge in [0.05, 0.1) is 16.6 Å².